The maximum atomic E-state index is 12.8. The largest absolute Gasteiger partial charge is 0.489 e. The van der Waals surface area contributed by atoms with E-state index in [1.807, 2.05) is 109 Å². The summed E-state index contributed by atoms with van der Waals surface area (Å²) < 4.78 is 11.4. The third-order valence-corrected chi connectivity index (χ3v) is 14.3. The highest BCUT2D eigenvalue weighted by Gasteiger charge is 2.57. The average Bonchev–Trinajstić information content (AvgIpc) is 3.23. The molecule has 4 aromatic carbocycles. The number of aliphatic hydroxyl groups is 2. The number of rotatable bonds is 11. The van der Waals surface area contributed by atoms with E-state index in [9.17, 15) is 19.8 Å². The van der Waals surface area contributed by atoms with Gasteiger partial charge in [0, 0.05) is 22.2 Å². The van der Waals surface area contributed by atoms with Gasteiger partial charge in [-0.2, -0.15) is 0 Å². The number of carbonyl (C=O) groups is 2. The van der Waals surface area contributed by atoms with Crippen molar-refractivity contribution < 1.29 is 34.4 Å². The van der Waals surface area contributed by atoms with Crippen molar-refractivity contribution in [1.29, 1.82) is 0 Å². The number of nitrogens with one attached hydrogen (secondary N) is 1. The molecule has 0 aromatic heterocycles. The van der Waals surface area contributed by atoms with Crippen LogP contribution in [-0.4, -0.2) is 39.4 Å². The van der Waals surface area contributed by atoms with E-state index < -0.39 is 18.2 Å². The molecule has 2 unspecified atom stereocenters. The van der Waals surface area contributed by atoms with Gasteiger partial charge in [0.05, 0.1) is 0 Å². The molecule has 6 N–H and O–H groups in total. The van der Waals surface area contributed by atoms with Gasteiger partial charge in [0.15, 0.2) is 6.10 Å². The number of aliphatic hydroxyl groups excluding tert-OH is 2. The number of aliphatic carboxylic acids is 1. The zero-order chi connectivity index (χ0) is 41.0. The molecule has 2 atom stereocenters. The van der Waals surface area contributed by atoms with Crippen molar-refractivity contribution in [2.45, 2.75) is 140 Å². The van der Waals surface area contributed by atoms with Gasteiger partial charge < -0.3 is 35.8 Å². The highest BCUT2D eigenvalue weighted by molar-refractivity contribution is 5.94. The molecule has 4 aromatic rings. The molecule has 8 aliphatic rings. The van der Waals surface area contributed by atoms with Crippen LogP contribution in [0.5, 0.6) is 11.5 Å². The first-order valence-corrected chi connectivity index (χ1v) is 21.7. The Kier molecular flexibility index (Phi) is 19.5. The van der Waals surface area contributed by atoms with E-state index in [1.54, 1.807) is 0 Å². The van der Waals surface area contributed by atoms with E-state index in [4.69, 9.17) is 20.3 Å². The quantitative estimate of drug-likeness (QED) is 0.0934. The van der Waals surface area contributed by atoms with Gasteiger partial charge in [-0.25, -0.2) is 4.79 Å². The number of amides is 1. The predicted molar refractivity (Wildman–Crippen MR) is 262 cm³/mol. The number of nitrogen functional groups attached to an aromatic ring is 1. The van der Waals surface area contributed by atoms with Crippen molar-refractivity contribution in [3.8, 4) is 11.5 Å². The van der Waals surface area contributed by atoms with Gasteiger partial charge in [-0.15, -0.1) is 0 Å². The third-order valence-electron chi connectivity index (χ3n) is 14.3. The van der Waals surface area contributed by atoms with Crippen molar-refractivity contribution >= 4 is 23.3 Å². The number of carboxylic acid groups (broad SMARTS) is 1. The zero-order valence-electron chi connectivity index (χ0n) is 34.0. The monoisotopic (exact) mass is 881 g/mol. The van der Waals surface area contributed by atoms with Crippen LogP contribution in [0.25, 0.3) is 0 Å². The first kappa shape index (κ1) is 53.5. The van der Waals surface area contributed by atoms with Crippen LogP contribution in [0.4, 0.5) is 11.4 Å². The number of carboxylic acids is 1. The van der Waals surface area contributed by atoms with Gasteiger partial charge in [-0.1, -0.05) is 97.8 Å². The van der Waals surface area contributed by atoms with E-state index in [2.05, 4.69) is 5.32 Å². The second-order valence-electron chi connectivity index (χ2n) is 18.8. The van der Waals surface area contributed by atoms with Crippen LogP contribution in [0.15, 0.2) is 109 Å². The average molecular weight is 881 g/mol. The van der Waals surface area contributed by atoms with Crippen LogP contribution in [0.3, 0.4) is 0 Å². The molecule has 0 spiro atoms. The Balaban J connectivity index is 0.000000267. The molecule has 0 radical (unpaired) electrons. The molecule has 9 nitrogen and oxygen atoms in total. The van der Waals surface area contributed by atoms with Crippen LogP contribution in [0.2, 0.25) is 0 Å². The lowest BCUT2D eigenvalue weighted by Gasteiger charge is -2.57. The van der Waals surface area contributed by atoms with Gasteiger partial charge in [-0.3, -0.25) is 4.79 Å². The van der Waals surface area contributed by atoms with Crippen molar-refractivity contribution in [3.63, 3.8) is 0 Å². The Hall–Kier alpha value is -4.86. The smallest absolute Gasteiger partial charge is 0.333 e. The lowest BCUT2D eigenvalue weighted by Crippen LogP contribution is -2.55. The molecule has 0 aliphatic heterocycles. The number of ether oxygens (including phenoxy) is 2. The van der Waals surface area contributed by atoms with Gasteiger partial charge in [-0.05, 0) is 172 Å². The van der Waals surface area contributed by atoms with Crippen LogP contribution in [0.1, 0.15) is 125 Å². The molecule has 0 saturated heterocycles. The highest BCUT2D eigenvalue weighted by Crippen LogP contribution is 2.62. The minimum atomic E-state index is -1.12. The van der Waals surface area contributed by atoms with Gasteiger partial charge in [0.2, 0.25) is 0 Å². The highest BCUT2D eigenvalue weighted by atomic mass is 16.5. The van der Waals surface area contributed by atoms with E-state index in [0.717, 1.165) is 66.8 Å². The van der Waals surface area contributed by atoms with Crippen LogP contribution >= 0.6 is 0 Å². The standard InChI is InChI=1S/C25H29NO3.C13H13NO.C12H18O3.5CH4/c27-23(25-13-18-10-19(14-25)12-20(11-18)15-25)24(28)26-21-6-8-22(9-7-21)29-16-17-4-2-1-3-5-17;14-12-6-8-13(9-7-12)15-10-11-4-2-1-3-5-11;13-10(11(14)15)12-4-7-1-8(5-12)3-9(2-7)6-12;;;;;/h1-9,18-20,23,27H,10-16H2,(H,26,28);1-9H,10,14H2;7-10,13H,1-6H2,(H,14,15);5*1H4. The molecule has 8 saturated carbocycles. The Morgan fingerprint density at radius 3 is 1.20 bits per heavy atom. The number of nitrogens with two attached hydrogens (primary N) is 1. The molecule has 12 rings (SSSR count). The van der Waals surface area contributed by atoms with Crippen LogP contribution < -0.4 is 20.5 Å². The van der Waals surface area contributed by atoms with Gasteiger partial charge in [0.1, 0.15) is 30.8 Å². The Morgan fingerprint density at radius 1 is 0.531 bits per heavy atom. The fourth-order valence-electron chi connectivity index (χ4n) is 12.5. The molecular formula is C55H80N2O7. The number of hydrogen-bond donors (Lipinski definition) is 5. The topological polar surface area (TPSA) is 151 Å². The van der Waals surface area contributed by atoms with Crippen molar-refractivity contribution in [3.05, 3.63) is 120 Å². The summed E-state index contributed by atoms with van der Waals surface area (Å²) in [6, 6.07) is 34.9. The molecule has 9 heteroatoms. The number of hydrogen-bond acceptors (Lipinski definition) is 7. The second-order valence-corrected chi connectivity index (χ2v) is 18.8. The van der Waals surface area contributed by atoms with Gasteiger partial charge in [0.25, 0.3) is 5.91 Å². The molecule has 352 valence electrons. The first-order valence-electron chi connectivity index (χ1n) is 21.7. The summed E-state index contributed by atoms with van der Waals surface area (Å²) in [6.45, 7) is 1.10. The summed E-state index contributed by atoms with van der Waals surface area (Å²) in [6.07, 6.45) is 11.6. The maximum absolute atomic E-state index is 12.8. The minimum absolute atomic E-state index is 0. The van der Waals surface area contributed by atoms with E-state index >= 15 is 0 Å². The van der Waals surface area contributed by atoms with E-state index in [-0.39, 0.29) is 53.9 Å². The summed E-state index contributed by atoms with van der Waals surface area (Å²) in [5.41, 5.74) is 8.85. The second kappa shape index (κ2) is 23.4. The molecule has 64 heavy (non-hydrogen) atoms. The van der Waals surface area contributed by atoms with Crippen LogP contribution in [-0.2, 0) is 22.8 Å². The summed E-state index contributed by atoms with van der Waals surface area (Å²) in [4.78, 5) is 23.8. The summed E-state index contributed by atoms with van der Waals surface area (Å²) >= 11 is 0. The van der Waals surface area contributed by atoms with Crippen molar-refractivity contribution in [2.24, 2.45) is 46.3 Å². The molecule has 1 amide bonds. The molecule has 8 aliphatic carbocycles. The van der Waals surface area contributed by atoms with Crippen LogP contribution in [0, 0.1) is 46.3 Å². The van der Waals surface area contributed by atoms with E-state index in [0.29, 0.717) is 54.4 Å². The fourth-order valence-corrected chi connectivity index (χ4v) is 12.5. The minimum Gasteiger partial charge on any atom is -0.489 e. The number of carbonyl (C=O) groups excluding carboxylic acids is 1. The van der Waals surface area contributed by atoms with Crippen molar-refractivity contribution in [1.82, 2.24) is 0 Å². The normalized spacial score (nSPS) is 27.8. The zero-order valence-corrected chi connectivity index (χ0v) is 34.0. The summed E-state index contributed by atoms with van der Waals surface area (Å²) in [5, 5.41) is 32.8. The lowest BCUT2D eigenvalue weighted by atomic mass is 9.48. The van der Waals surface area contributed by atoms with Crippen molar-refractivity contribution in [2.75, 3.05) is 11.1 Å². The fraction of sp³-hybridized carbons (Fsp3) is 0.527. The lowest BCUT2D eigenvalue weighted by molar-refractivity contribution is -0.170. The Morgan fingerprint density at radius 2 is 0.859 bits per heavy atom. The predicted octanol–water partition coefficient (Wildman–Crippen LogP) is 12.5. The third kappa shape index (κ3) is 12.7. The van der Waals surface area contributed by atoms with E-state index in [1.165, 1.54) is 38.5 Å². The number of benzene rings is 4. The Bertz CT molecular complexity index is 1930. The summed E-state index contributed by atoms with van der Waals surface area (Å²) in [7, 11) is 0. The molecule has 8 fully saturated rings. The first-order chi connectivity index (χ1) is 28.5. The molecule has 8 bridgehead atoms. The number of anilines is 2. The van der Waals surface area contributed by atoms with Gasteiger partial charge >= 0.3 is 5.97 Å². The molecule has 0 heterocycles. The Labute approximate surface area is 385 Å². The molecular weight excluding hydrogens is 801 g/mol. The summed E-state index contributed by atoms with van der Waals surface area (Å²) in [5.74, 6) is 4.56. The maximum Gasteiger partial charge on any atom is 0.333 e. The SMILES string of the molecule is C.C.C.C.C.Nc1ccc(OCc2ccccc2)cc1.O=C(Nc1ccc(OCc2ccccc2)cc1)C(O)C12CC3CC(CC(C3)C1)C2.O=C(O)C(O)C12CC3CC(CC(C3)C1)C2.